The van der Waals surface area contributed by atoms with E-state index < -0.39 is 5.41 Å². The molecule has 0 saturated heterocycles. The van der Waals surface area contributed by atoms with Gasteiger partial charge in [0, 0.05) is 11.6 Å². The Morgan fingerprint density at radius 1 is 1.11 bits per heavy atom. The van der Waals surface area contributed by atoms with Crippen molar-refractivity contribution in [3.05, 3.63) is 64.2 Å². The van der Waals surface area contributed by atoms with Crippen LogP contribution in [-0.2, 0) is 21.4 Å². The normalized spacial score (nSPS) is 11.0. The molecule has 0 aliphatic heterocycles. The van der Waals surface area contributed by atoms with Gasteiger partial charge >= 0.3 is 5.97 Å². The first kappa shape index (κ1) is 21.8. The molecule has 6 heteroatoms. The summed E-state index contributed by atoms with van der Waals surface area (Å²) >= 11 is 5.97. The van der Waals surface area contributed by atoms with Crippen molar-refractivity contribution in [3.8, 4) is 5.75 Å². The van der Waals surface area contributed by atoms with Crippen LogP contribution in [0.25, 0.3) is 0 Å². The minimum absolute atomic E-state index is 0.237. The summed E-state index contributed by atoms with van der Waals surface area (Å²) < 4.78 is 10.4. The van der Waals surface area contributed by atoms with Crippen LogP contribution in [0.4, 0.5) is 0 Å². The fourth-order valence-corrected chi connectivity index (χ4v) is 2.96. The Morgan fingerprint density at radius 3 is 2.39 bits per heavy atom. The number of hydrogen-bond acceptors (Lipinski definition) is 4. The minimum Gasteiger partial charge on any atom is -0.496 e. The van der Waals surface area contributed by atoms with Gasteiger partial charge in [0.15, 0.2) is 0 Å². The first-order chi connectivity index (χ1) is 13.3. The molecule has 150 valence electrons. The largest absolute Gasteiger partial charge is 0.496 e. The molecule has 0 saturated carbocycles. The predicted octanol–water partition coefficient (Wildman–Crippen LogP) is 4.16. The molecule has 2 rings (SSSR count). The van der Waals surface area contributed by atoms with E-state index >= 15 is 0 Å². The number of carbonyl (C=O) groups excluding carboxylic acids is 2. The smallest absolute Gasteiger partial charge is 0.315 e. The Labute approximate surface area is 171 Å². The lowest BCUT2D eigenvalue weighted by Crippen LogP contribution is -2.31. The standard InChI is InChI=1S/C22H26ClNO4/c1-5-28-21(26)22(2,3)16-8-6-15(7-9-16)12-13-24-20(25)18-14-17(23)10-11-19(18)27-4/h6-11,14H,5,12-13H2,1-4H3,(H,24,25). The molecule has 0 heterocycles. The van der Waals surface area contributed by atoms with Crippen LogP contribution in [0.15, 0.2) is 42.5 Å². The third kappa shape index (κ3) is 5.26. The maximum Gasteiger partial charge on any atom is 0.315 e. The van der Waals surface area contributed by atoms with Crippen LogP contribution in [0.1, 0.15) is 42.3 Å². The van der Waals surface area contributed by atoms with Gasteiger partial charge < -0.3 is 14.8 Å². The predicted molar refractivity (Wildman–Crippen MR) is 110 cm³/mol. The molecule has 0 unspecified atom stereocenters. The molecule has 0 bridgehead atoms. The number of nitrogens with one attached hydrogen (secondary N) is 1. The van der Waals surface area contributed by atoms with Crippen LogP contribution in [0.3, 0.4) is 0 Å². The van der Waals surface area contributed by atoms with Crippen molar-refractivity contribution >= 4 is 23.5 Å². The Hall–Kier alpha value is -2.53. The lowest BCUT2D eigenvalue weighted by molar-refractivity contribution is -0.148. The van der Waals surface area contributed by atoms with E-state index in [0.717, 1.165) is 11.1 Å². The number of halogens is 1. The summed E-state index contributed by atoms with van der Waals surface area (Å²) in [7, 11) is 1.51. The molecule has 0 aromatic heterocycles. The Kier molecular flexibility index (Phi) is 7.46. The van der Waals surface area contributed by atoms with E-state index in [-0.39, 0.29) is 11.9 Å². The zero-order chi connectivity index (χ0) is 20.7. The molecular formula is C22H26ClNO4. The summed E-state index contributed by atoms with van der Waals surface area (Å²) in [5.41, 5.74) is 1.65. The lowest BCUT2D eigenvalue weighted by atomic mass is 9.84. The fraction of sp³-hybridized carbons (Fsp3) is 0.364. The average molecular weight is 404 g/mol. The van der Waals surface area contributed by atoms with Crippen molar-refractivity contribution in [2.45, 2.75) is 32.6 Å². The zero-order valence-electron chi connectivity index (χ0n) is 16.7. The number of amides is 1. The third-order valence-corrected chi connectivity index (χ3v) is 4.80. The van der Waals surface area contributed by atoms with Gasteiger partial charge in [0.05, 0.1) is 24.7 Å². The summed E-state index contributed by atoms with van der Waals surface area (Å²) in [6.45, 7) is 6.31. The summed E-state index contributed by atoms with van der Waals surface area (Å²) in [5, 5.41) is 3.36. The monoisotopic (exact) mass is 403 g/mol. The van der Waals surface area contributed by atoms with Gasteiger partial charge in [-0.25, -0.2) is 0 Å². The van der Waals surface area contributed by atoms with E-state index in [2.05, 4.69) is 5.32 Å². The van der Waals surface area contributed by atoms with Gasteiger partial charge in [-0.05, 0) is 56.5 Å². The molecule has 0 atom stereocenters. The molecule has 5 nitrogen and oxygen atoms in total. The van der Waals surface area contributed by atoms with Gasteiger partial charge in [-0.1, -0.05) is 35.9 Å². The van der Waals surface area contributed by atoms with Crippen molar-refractivity contribution in [2.75, 3.05) is 20.3 Å². The Balaban J connectivity index is 1.96. The molecule has 2 aromatic carbocycles. The SMILES string of the molecule is CCOC(=O)C(C)(C)c1ccc(CCNC(=O)c2cc(Cl)ccc2OC)cc1. The molecule has 2 aromatic rings. The van der Waals surface area contributed by atoms with E-state index in [1.165, 1.54) is 7.11 Å². The fourth-order valence-electron chi connectivity index (χ4n) is 2.79. The van der Waals surface area contributed by atoms with Crippen LogP contribution in [0.2, 0.25) is 5.02 Å². The van der Waals surface area contributed by atoms with Crippen LogP contribution >= 0.6 is 11.6 Å². The van der Waals surface area contributed by atoms with Crippen molar-refractivity contribution < 1.29 is 19.1 Å². The highest BCUT2D eigenvalue weighted by molar-refractivity contribution is 6.31. The van der Waals surface area contributed by atoms with E-state index in [9.17, 15) is 9.59 Å². The number of methoxy groups -OCH3 is 1. The topological polar surface area (TPSA) is 64.6 Å². The van der Waals surface area contributed by atoms with E-state index in [1.807, 2.05) is 38.1 Å². The van der Waals surface area contributed by atoms with Crippen molar-refractivity contribution in [1.82, 2.24) is 5.32 Å². The van der Waals surface area contributed by atoms with E-state index in [1.54, 1.807) is 25.1 Å². The average Bonchev–Trinajstić information content (AvgIpc) is 2.68. The summed E-state index contributed by atoms with van der Waals surface area (Å²) in [4.78, 5) is 24.5. The molecule has 1 amide bonds. The van der Waals surface area contributed by atoms with Gasteiger partial charge in [0.25, 0.3) is 5.91 Å². The Bertz CT molecular complexity index is 831. The molecular weight excluding hydrogens is 378 g/mol. The van der Waals surface area contributed by atoms with Crippen molar-refractivity contribution in [3.63, 3.8) is 0 Å². The molecule has 0 radical (unpaired) electrons. The molecule has 28 heavy (non-hydrogen) atoms. The number of rotatable bonds is 8. The summed E-state index contributed by atoms with van der Waals surface area (Å²) in [6.07, 6.45) is 0.661. The molecule has 0 aliphatic carbocycles. The second-order valence-corrected chi connectivity index (χ2v) is 7.33. The molecule has 1 N–H and O–H groups in total. The zero-order valence-corrected chi connectivity index (χ0v) is 17.4. The summed E-state index contributed by atoms with van der Waals surface area (Å²) in [5.74, 6) is -0.00246. The van der Waals surface area contributed by atoms with Crippen molar-refractivity contribution in [1.29, 1.82) is 0 Å². The van der Waals surface area contributed by atoms with Gasteiger partial charge in [-0.15, -0.1) is 0 Å². The summed E-state index contributed by atoms with van der Waals surface area (Å²) in [6, 6.07) is 12.7. The first-order valence-corrected chi connectivity index (χ1v) is 9.55. The minimum atomic E-state index is -0.702. The quantitative estimate of drug-likeness (QED) is 0.672. The second-order valence-electron chi connectivity index (χ2n) is 6.89. The third-order valence-electron chi connectivity index (χ3n) is 4.57. The van der Waals surface area contributed by atoms with Gasteiger partial charge in [-0.2, -0.15) is 0 Å². The number of ether oxygens (including phenoxy) is 2. The number of hydrogen-bond donors (Lipinski definition) is 1. The number of benzene rings is 2. The van der Waals surface area contributed by atoms with Crippen LogP contribution in [0.5, 0.6) is 5.75 Å². The lowest BCUT2D eigenvalue weighted by Gasteiger charge is -2.23. The molecule has 0 aliphatic rings. The van der Waals surface area contributed by atoms with E-state index in [0.29, 0.717) is 35.9 Å². The van der Waals surface area contributed by atoms with Crippen molar-refractivity contribution in [2.24, 2.45) is 0 Å². The van der Waals surface area contributed by atoms with Gasteiger partial charge in [0.1, 0.15) is 5.75 Å². The molecule has 0 fully saturated rings. The first-order valence-electron chi connectivity index (χ1n) is 9.18. The van der Waals surface area contributed by atoms with Crippen LogP contribution < -0.4 is 10.1 Å². The van der Waals surface area contributed by atoms with Crippen LogP contribution in [0, 0.1) is 0 Å². The van der Waals surface area contributed by atoms with Crippen LogP contribution in [-0.4, -0.2) is 32.1 Å². The highest BCUT2D eigenvalue weighted by Gasteiger charge is 2.31. The molecule has 0 spiro atoms. The Morgan fingerprint density at radius 2 is 1.79 bits per heavy atom. The number of carbonyl (C=O) groups is 2. The highest BCUT2D eigenvalue weighted by Crippen LogP contribution is 2.25. The highest BCUT2D eigenvalue weighted by atomic mass is 35.5. The number of esters is 1. The van der Waals surface area contributed by atoms with E-state index in [4.69, 9.17) is 21.1 Å². The van der Waals surface area contributed by atoms with Gasteiger partial charge in [-0.3, -0.25) is 9.59 Å². The maximum absolute atomic E-state index is 12.4. The maximum atomic E-state index is 12.4. The second kappa shape index (κ2) is 9.60. The van der Waals surface area contributed by atoms with Gasteiger partial charge in [0.2, 0.25) is 0 Å².